The van der Waals surface area contributed by atoms with E-state index in [0.717, 1.165) is 40.5 Å². The van der Waals surface area contributed by atoms with Crippen molar-refractivity contribution in [2.45, 2.75) is 45.1 Å². The van der Waals surface area contributed by atoms with Crippen LogP contribution in [0.5, 0.6) is 11.5 Å². The summed E-state index contributed by atoms with van der Waals surface area (Å²) >= 11 is 1.48. The molecule has 25 heavy (non-hydrogen) atoms. The Morgan fingerprint density at radius 1 is 1.20 bits per heavy atom. The third-order valence-corrected chi connectivity index (χ3v) is 5.49. The summed E-state index contributed by atoms with van der Waals surface area (Å²) in [5.74, 6) is 1.48. The number of nitrogens with zero attached hydrogens (tertiary/aromatic N) is 1. The van der Waals surface area contributed by atoms with Gasteiger partial charge >= 0.3 is 6.03 Å². The molecule has 2 N–H and O–H groups in total. The van der Waals surface area contributed by atoms with Crippen LogP contribution in [0.15, 0.2) is 18.2 Å². The third-order valence-electron chi connectivity index (χ3n) is 4.60. The first-order valence-corrected chi connectivity index (χ1v) is 9.45. The molecule has 0 bridgehead atoms. The number of thiazole rings is 1. The Labute approximate surface area is 150 Å². The van der Waals surface area contributed by atoms with E-state index >= 15 is 0 Å². The van der Waals surface area contributed by atoms with Gasteiger partial charge in [-0.3, -0.25) is 5.32 Å². The number of nitrogens with one attached hydrogen (secondary N) is 2. The van der Waals surface area contributed by atoms with Gasteiger partial charge in [-0.2, -0.15) is 0 Å². The van der Waals surface area contributed by atoms with Gasteiger partial charge in [-0.1, -0.05) is 19.3 Å². The Balaban J connectivity index is 1.45. The number of carbonyl (C=O) groups excluding carboxylic acids is 1. The molecule has 2 aliphatic rings. The number of carbonyl (C=O) groups is 1. The SMILES string of the molecule is Cc1sc(NC(=O)NC2CCCCC2)nc1-c1ccc2c(c1)OCO2. The summed E-state index contributed by atoms with van der Waals surface area (Å²) in [4.78, 5) is 17.8. The second kappa shape index (κ2) is 6.92. The first-order valence-electron chi connectivity index (χ1n) is 8.64. The first kappa shape index (κ1) is 16.2. The summed E-state index contributed by atoms with van der Waals surface area (Å²) in [5.41, 5.74) is 1.81. The number of aryl methyl sites for hydroxylation is 1. The molecular weight excluding hydrogens is 338 g/mol. The number of fused-ring (bicyclic) bond motifs is 1. The van der Waals surface area contributed by atoms with Crippen LogP contribution in [-0.4, -0.2) is 23.8 Å². The highest BCUT2D eigenvalue weighted by atomic mass is 32.1. The summed E-state index contributed by atoms with van der Waals surface area (Å²) in [6.45, 7) is 2.25. The summed E-state index contributed by atoms with van der Waals surface area (Å²) in [7, 11) is 0. The Bertz CT molecular complexity index is 784. The molecule has 2 amide bonds. The molecule has 0 unspecified atom stereocenters. The molecule has 7 heteroatoms. The smallest absolute Gasteiger partial charge is 0.321 e. The summed E-state index contributed by atoms with van der Waals surface area (Å²) in [6.07, 6.45) is 5.77. The van der Waals surface area contributed by atoms with Crippen molar-refractivity contribution in [2.24, 2.45) is 0 Å². The largest absolute Gasteiger partial charge is 0.454 e. The molecule has 0 saturated heterocycles. The molecule has 6 nitrogen and oxygen atoms in total. The maximum atomic E-state index is 12.2. The van der Waals surface area contributed by atoms with Crippen LogP contribution in [0.25, 0.3) is 11.3 Å². The number of hydrogen-bond acceptors (Lipinski definition) is 5. The van der Waals surface area contributed by atoms with E-state index in [1.165, 1.54) is 30.6 Å². The predicted molar refractivity (Wildman–Crippen MR) is 97.4 cm³/mol. The molecule has 0 atom stereocenters. The fraction of sp³-hybridized carbons (Fsp3) is 0.444. The van der Waals surface area contributed by atoms with Gasteiger partial charge in [0, 0.05) is 16.5 Å². The molecule has 0 spiro atoms. The number of amides is 2. The van der Waals surface area contributed by atoms with E-state index in [4.69, 9.17) is 9.47 Å². The van der Waals surface area contributed by atoms with Crippen LogP contribution < -0.4 is 20.1 Å². The predicted octanol–water partition coefficient (Wildman–Crippen LogP) is 4.30. The van der Waals surface area contributed by atoms with Gasteiger partial charge in [-0.25, -0.2) is 9.78 Å². The van der Waals surface area contributed by atoms with Gasteiger partial charge in [0.15, 0.2) is 16.6 Å². The van der Waals surface area contributed by atoms with Crippen LogP contribution in [0.1, 0.15) is 37.0 Å². The van der Waals surface area contributed by atoms with Crippen molar-refractivity contribution < 1.29 is 14.3 Å². The quantitative estimate of drug-likeness (QED) is 0.857. The average molecular weight is 359 g/mol. The Morgan fingerprint density at radius 3 is 2.84 bits per heavy atom. The van der Waals surface area contributed by atoms with Crippen LogP contribution in [0, 0.1) is 6.92 Å². The lowest BCUT2D eigenvalue weighted by Crippen LogP contribution is -2.38. The monoisotopic (exact) mass is 359 g/mol. The second-order valence-corrected chi connectivity index (χ2v) is 7.63. The number of benzene rings is 1. The molecule has 1 aromatic carbocycles. The normalized spacial score (nSPS) is 16.7. The van der Waals surface area contributed by atoms with Crippen LogP contribution in [0.4, 0.5) is 9.93 Å². The van der Waals surface area contributed by atoms with Gasteiger partial charge in [-0.15, -0.1) is 11.3 Å². The fourth-order valence-corrected chi connectivity index (χ4v) is 4.16. The van der Waals surface area contributed by atoms with Gasteiger partial charge in [0.2, 0.25) is 6.79 Å². The number of aromatic nitrogens is 1. The molecule has 1 aliphatic heterocycles. The van der Waals surface area contributed by atoms with Crippen molar-refractivity contribution >= 4 is 22.5 Å². The lowest BCUT2D eigenvalue weighted by molar-refractivity contribution is 0.174. The van der Waals surface area contributed by atoms with Crippen LogP contribution in [0.3, 0.4) is 0 Å². The maximum absolute atomic E-state index is 12.2. The van der Waals surface area contributed by atoms with Gasteiger partial charge in [0.25, 0.3) is 0 Å². The highest BCUT2D eigenvalue weighted by Crippen LogP contribution is 2.38. The Kier molecular flexibility index (Phi) is 4.48. The average Bonchev–Trinajstić information content (AvgIpc) is 3.21. The fourth-order valence-electron chi connectivity index (χ4n) is 3.33. The van der Waals surface area contributed by atoms with E-state index in [9.17, 15) is 4.79 Å². The van der Waals surface area contributed by atoms with E-state index in [1.54, 1.807) is 0 Å². The van der Waals surface area contributed by atoms with E-state index in [2.05, 4.69) is 15.6 Å². The molecule has 1 aromatic heterocycles. The molecule has 4 rings (SSSR count). The van der Waals surface area contributed by atoms with E-state index < -0.39 is 0 Å². The van der Waals surface area contributed by atoms with Gasteiger partial charge in [0.05, 0.1) is 5.69 Å². The number of anilines is 1. The maximum Gasteiger partial charge on any atom is 0.321 e. The molecule has 1 fully saturated rings. The van der Waals surface area contributed by atoms with Crippen molar-refractivity contribution in [1.29, 1.82) is 0 Å². The van der Waals surface area contributed by atoms with Crippen molar-refractivity contribution in [2.75, 3.05) is 12.1 Å². The second-order valence-electron chi connectivity index (χ2n) is 6.43. The van der Waals surface area contributed by atoms with Gasteiger partial charge < -0.3 is 14.8 Å². The van der Waals surface area contributed by atoms with Crippen LogP contribution >= 0.6 is 11.3 Å². The first-order chi connectivity index (χ1) is 12.2. The van der Waals surface area contributed by atoms with E-state index in [1.807, 2.05) is 25.1 Å². The van der Waals surface area contributed by atoms with Crippen molar-refractivity contribution in [3.05, 3.63) is 23.1 Å². The number of urea groups is 1. The summed E-state index contributed by atoms with van der Waals surface area (Å²) in [6, 6.07) is 5.89. The topological polar surface area (TPSA) is 72.5 Å². The highest BCUT2D eigenvalue weighted by Gasteiger charge is 2.19. The molecule has 2 heterocycles. The van der Waals surface area contributed by atoms with Crippen molar-refractivity contribution in [1.82, 2.24) is 10.3 Å². The highest BCUT2D eigenvalue weighted by molar-refractivity contribution is 7.16. The lowest BCUT2D eigenvalue weighted by atomic mass is 9.96. The van der Waals surface area contributed by atoms with Crippen molar-refractivity contribution in [3.8, 4) is 22.8 Å². The zero-order valence-corrected chi connectivity index (χ0v) is 14.9. The minimum atomic E-state index is -0.169. The van der Waals surface area contributed by atoms with Gasteiger partial charge in [-0.05, 0) is 38.0 Å². The van der Waals surface area contributed by atoms with Gasteiger partial charge in [0.1, 0.15) is 0 Å². The molecular formula is C18H21N3O3S. The summed E-state index contributed by atoms with van der Waals surface area (Å²) < 4.78 is 10.8. The van der Waals surface area contributed by atoms with Crippen LogP contribution in [0.2, 0.25) is 0 Å². The number of rotatable bonds is 3. The molecule has 132 valence electrons. The van der Waals surface area contributed by atoms with E-state index in [-0.39, 0.29) is 18.9 Å². The van der Waals surface area contributed by atoms with Crippen molar-refractivity contribution in [3.63, 3.8) is 0 Å². The number of hydrogen-bond donors (Lipinski definition) is 2. The standard InChI is InChI=1S/C18H21N3O3S/c1-11-16(12-7-8-14-15(9-12)24-10-23-14)20-18(25-11)21-17(22)19-13-5-3-2-4-6-13/h7-9,13H,2-6,10H2,1H3,(H2,19,20,21,22). The Morgan fingerprint density at radius 2 is 2.00 bits per heavy atom. The minimum absolute atomic E-state index is 0.169. The summed E-state index contributed by atoms with van der Waals surface area (Å²) in [5, 5.41) is 6.53. The zero-order valence-electron chi connectivity index (χ0n) is 14.1. The molecule has 2 aromatic rings. The van der Waals surface area contributed by atoms with Crippen LogP contribution in [-0.2, 0) is 0 Å². The molecule has 1 aliphatic carbocycles. The Hall–Kier alpha value is -2.28. The third kappa shape index (κ3) is 3.56. The lowest BCUT2D eigenvalue weighted by Gasteiger charge is -2.22. The number of ether oxygens (including phenoxy) is 2. The molecule has 1 saturated carbocycles. The zero-order chi connectivity index (χ0) is 17.2. The van der Waals surface area contributed by atoms with E-state index in [0.29, 0.717) is 5.13 Å². The molecule has 0 radical (unpaired) electrons. The minimum Gasteiger partial charge on any atom is -0.454 e.